The maximum atomic E-state index is 5.73. The predicted octanol–water partition coefficient (Wildman–Crippen LogP) is 1.53. The Hall–Kier alpha value is -1.95. The number of aromatic nitrogens is 3. The van der Waals surface area contributed by atoms with Crippen LogP contribution in [0.1, 0.15) is 17.2 Å². The van der Waals surface area contributed by atoms with Gasteiger partial charge < -0.3 is 10.5 Å². The van der Waals surface area contributed by atoms with Crippen LogP contribution in [0.5, 0.6) is 5.75 Å². The van der Waals surface area contributed by atoms with Crippen LogP contribution in [0.2, 0.25) is 0 Å². The minimum Gasteiger partial charge on any atom is -0.497 e. The molecule has 2 aromatic rings. The highest BCUT2D eigenvalue weighted by atomic mass is 32.1. The van der Waals surface area contributed by atoms with Crippen molar-refractivity contribution < 1.29 is 4.74 Å². The van der Waals surface area contributed by atoms with Gasteiger partial charge in [-0.15, -0.1) is 0 Å². The molecule has 18 heavy (non-hydrogen) atoms. The van der Waals surface area contributed by atoms with Gasteiger partial charge in [0.2, 0.25) is 0 Å². The van der Waals surface area contributed by atoms with Crippen molar-refractivity contribution in [3.63, 3.8) is 0 Å². The first-order valence-electron chi connectivity index (χ1n) is 5.41. The molecule has 6 heteroatoms. The lowest BCUT2D eigenvalue weighted by Gasteiger charge is -2.11. The van der Waals surface area contributed by atoms with Gasteiger partial charge in [-0.05, 0) is 26.0 Å². The predicted molar refractivity (Wildman–Crippen MR) is 73.3 cm³/mol. The normalized spacial score (nSPS) is 10.4. The first-order chi connectivity index (χ1) is 8.52. The van der Waals surface area contributed by atoms with E-state index in [1.54, 1.807) is 11.8 Å². The molecule has 0 saturated carbocycles. The van der Waals surface area contributed by atoms with Crippen LogP contribution in [0.25, 0.3) is 5.69 Å². The quantitative estimate of drug-likeness (QED) is 0.850. The summed E-state index contributed by atoms with van der Waals surface area (Å²) in [5, 5.41) is 4.33. The van der Waals surface area contributed by atoms with Crippen molar-refractivity contribution in [1.29, 1.82) is 0 Å². The van der Waals surface area contributed by atoms with E-state index in [0.29, 0.717) is 10.8 Å². The average molecular weight is 262 g/mol. The van der Waals surface area contributed by atoms with Gasteiger partial charge in [0, 0.05) is 11.6 Å². The van der Waals surface area contributed by atoms with E-state index in [-0.39, 0.29) is 0 Å². The Kier molecular flexibility index (Phi) is 3.29. The Morgan fingerprint density at radius 3 is 2.61 bits per heavy atom. The van der Waals surface area contributed by atoms with Gasteiger partial charge in [0.1, 0.15) is 22.4 Å². The fraction of sp³-hybridized carbons (Fsp3) is 0.250. The molecule has 0 atom stereocenters. The highest BCUT2D eigenvalue weighted by Crippen LogP contribution is 2.22. The van der Waals surface area contributed by atoms with Crippen molar-refractivity contribution in [3.8, 4) is 11.4 Å². The molecule has 5 nitrogen and oxygen atoms in total. The molecule has 0 saturated heterocycles. The van der Waals surface area contributed by atoms with Crippen molar-refractivity contribution >= 4 is 17.2 Å². The Balaban J connectivity index is 2.67. The molecule has 1 aromatic heterocycles. The number of aryl methyl sites for hydroxylation is 2. The van der Waals surface area contributed by atoms with Crippen molar-refractivity contribution in [2.45, 2.75) is 13.8 Å². The Labute approximate surface area is 111 Å². The maximum absolute atomic E-state index is 5.73. The van der Waals surface area contributed by atoms with Crippen LogP contribution in [-0.2, 0) is 0 Å². The summed E-state index contributed by atoms with van der Waals surface area (Å²) in [6.45, 7) is 3.72. The third kappa shape index (κ3) is 2.19. The van der Waals surface area contributed by atoms with Gasteiger partial charge in [-0.1, -0.05) is 12.2 Å². The number of thiocarbonyl (C=S) groups is 1. The van der Waals surface area contributed by atoms with E-state index in [1.165, 1.54) is 0 Å². The number of nitrogens with zero attached hydrogens (tertiary/aromatic N) is 3. The molecule has 94 valence electrons. The number of methoxy groups -OCH3 is 1. The zero-order chi connectivity index (χ0) is 13.3. The average Bonchev–Trinajstić information content (AvgIpc) is 2.67. The number of rotatable bonds is 3. The first-order valence-corrected chi connectivity index (χ1v) is 5.82. The Bertz CT molecular complexity index is 606. The maximum Gasteiger partial charge on any atom is 0.148 e. The van der Waals surface area contributed by atoms with Crippen molar-refractivity contribution in [3.05, 3.63) is 35.4 Å². The van der Waals surface area contributed by atoms with E-state index in [1.807, 2.05) is 32.0 Å². The summed E-state index contributed by atoms with van der Waals surface area (Å²) in [7, 11) is 1.61. The second-order valence-electron chi connectivity index (χ2n) is 3.87. The number of nitrogens with two attached hydrogens (primary N) is 1. The zero-order valence-electron chi connectivity index (χ0n) is 10.5. The molecule has 0 fully saturated rings. The van der Waals surface area contributed by atoms with Gasteiger partial charge in [0.25, 0.3) is 0 Å². The van der Waals surface area contributed by atoms with Crippen LogP contribution >= 0.6 is 12.2 Å². The van der Waals surface area contributed by atoms with Gasteiger partial charge in [-0.2, -0.15) is 5.10 Å². The van der Waals surface area contributed by atoms with Crippen LogP contribution in [-0.4, -0.2) is 26.9 Å². The molecule has 0 spiro atoms. The summed E-state index contributed by atoms with van der Waals surface area (Å²) in [5.74, 6) is 2.19. The Morgan fingerprint density at radius 2 is 2.11 bits per heavy atom. The summed E-state index contributed by atoms with van der Waals surface area (Å²) >= 11 is 5.05. The molecule has 1 aromatic carbocycles. The zero-order valence-corrected chi connectivity index (χ0v) is 11.3. The van der Waals surface area contributed by atoms with Crippen LogP contribution < -0.4 is 10.5 Å². The van der Waals surface area contributed by atoms with Gasteiger partial charge in [-0.25, -0.2) is 9.67 Å². The summed E-state index contributed by atoms with van der Waals surface area (Å²) in [5.41, 5.74) is 7.26. The molecule has 0 amide bonds. The minimum atomic E-state index is 0.320. The minimum absolute atomic E-state index is 0.320. The smallest absolute Gasteiger partial charge is 0.148 e. The highest BCUT2D eigenvalue weighted by molar-refractivity contribution is 7.80. The molecule has 0 radical (unpaired) electrons. The lowest BCUT2D eigenvalue weighted by molar-refractivity contribution is 0.414. The van der Waals surface area contributed by atoms with Crippen LogP contribution in [0.3, 0.4) is 0 Å². The summed E-state index contributed by atoms with van der Waals surface area (Å²) in [4.78, 5) is 4.59. The monoisotopic (exact) mass is 262 g/mol. The Morgan fingerprint density at radius 1 is 1.39 bits per heavy atom. The van der Waals surface area contributed by atoms with Crippen LogP contribution in [0.15, 0.2) is 18.2 Å². The number of ether oxygens (including phenoxy) is 1. The molecule has 2 rings (SSSR count). The fourth-order valence-corrected chi connectivity index (χ4v) is 1.94. The molecule has 1 heterocycles. The SMILES string of the molecule is COc1ccc(C(N)=S)c(-n2nc(C)nc2C)c1. The summed E-state index contributed by atoms with van der Waals surface area (Å²) in [6.07, 6.45) is 0. The second-order valence-corrected chi connectivity index (χ2v) is 4.31. The summed E-state index contributed by atoms with van der Waals surface area (Å²) in [6, 6.07) is 5.49. The molecular formula is C12H14N4OS. The topological polar surface area (TPSA) is 66.0 Å². The molecule has 0 bridgehead atoms. The second kappa shape index (κ2) is 4.73. The first kappa shape index (κ1) is 12.5. The molecule has 0 aliphatic carbocycles. The van der Waals surface area contributed by atoms with E-state index in [0.717, 1.165) is 22.8 Å². The lowest BCUT2D eigenvalue weighted by atomic mass is 10.1. The van der Waals surface area contributed by atoms with E-state index in [2.05, 4.69) is 10.1 Å². The summed E-state index contributed by atoms with van der Waals surface area (Å²) < 4.78 is 6.93. The van der Waals surface area contributed by atoms with Gasteiger partial charge in [0.05, 0.1) is 12.8 Å². The third-order valence-corrected chi connectivity index (χ3v) is 2.79. The van der Waals surface area contributed by atoms with Crippen molar-refractivity contribution in [2.75, 3.05) is 7.11 Å². The fourth-order valence-electron chi connectivity index (χ4n) is 1.77. The molecule has 0 aliphatic heterocycles. The number of benzene rings is 1. The van der Waals surface area contributed by atoms with E-state index in [9.17, 15) is 0 Å². The van der Waals surface area contributed by atoms with Crippen LogP contribution in [0, 0.1) is 13.8 Å². The van der Waals surface area contributed by atoms with E-state index in [4.69, 9.17) is 22.7 Å². The van der Waals surface area contributed by atoms with Gasteiger partial charge >= 0.3 is 0 Å². The van der Waals surface area contributed by atoms with Gasteiger partial charge in [-0.3, -0.25) is 0 Å². The third-order valence-electron chi connectivity index (χ3n) is 2.57. The number of hydrogen-bond acceptors (Lipinski definition) is 4. The number of hydrogen-bond donors (Lipinski definition) is 1. The molecular weight excluding hydrogens is 248 g/mol. The highest BCUT2D eigenvalue weighted by Gasteiger charge is 2.13. The van der Waals surface area contributed by atoms with Crippen LogP contribution in [0.4, 0.5) is 0 Å². The van der Waals surface area contributed by atoms with E-state index < -0.39 is 0 Å². The standard InChI is InChI=1S/C12H14N4OS/c1-7-14-8(2)16(15-7)11-6-9(17-3)4-5-10(11)12(13)18/h4-6H,1-3H3,(H2,13,18). The van der Waals surface area contributed by atoms with E-state index >= 15 is 0 Å². The van der Waals surface area contributed by atoms with Crippen molar-refractivity contribution in [1.82, 2.24) is 14.8 Å². The molecule has 0 aliphatic rings. The van der Waals surface area contributed by atoms with Gasteiger partial charge in [0.15, 0.2) is 0 Å². The molecule has 2 N–H and O–H groups in total. The lowest BCUT2D eigenvalue weighted by Crippen LogP contribution is -2.14. The van der Waals surface area contributed by atoms with Crippen molar-refractivity contribution in [2.24, 2.45) is 5.73 Å². The largest absolute Gasteiger partial charge is 0.497 e. The molecule has 0 unspecified atom stereocenters.